The second-order valence-corrected chi connectivity index (χ2v) is 4.39. The lowest BCUT2D eigenvalue weighted by atomic mass is 10.0. The van der Waals surface area contributed by atoms with E-state index in [2.05, 4.69) is 5.32 Å². The van der Waals surface area contributed by atoms with Gasteiger partial charge in [-0.05, 0) is 30.5 Å². The number of ether oxygens (including phenoxy) is 1. The van der Waals surface area contributed by atoms with Crippen molar-refractivity contribution in [2.75, 3.05) is 0 Å². The topological polar surface area (TPSA) is 81.4 Å². The highest BCUT2D eigenvalue weighted by atomic mass is 16.6. The molecule has 1 rings (SSSR count). The van der Waals surface area contributed by atoms with Gasteiger partial charge in [0.25, 0.3) is 0 Å². The summed E-state index contributed by atoms with van der Waals surface area (Å²) in [5, 5.41) is 2.34. The third kappa shape index (κ3) is 4.08. The molecule has 1 atom stereocenters. The largest absolute Gasteiger partial charge is 0.413 e. The van der Waals surface area contributed by atoms with Crippen LogP contribution in [0.4, 0.5) is 4.79 Å². The van der Waals surface area contributed by atoms with Crippen molar-refractivity contribution < 1.29 is 14.3 Å². The smallest absolute Gasteiger partial charge is 0.410 e. The van der Waals surface area contributed by atoms with Crippen molar-refractivity contribution in [1.29, 1.82) is 0 Å². The van der Waals surface area contributed by atoms with Gasteiger partial charge in [-0.3, -0.25) is 4.79 Å². The molecule has 0 radical (unpaired) electrons. The number of hydrogen-bond acceptors (Lipinski definition) is 3. The van der Waals surface area contributed by atoms with Crippen LogP contribution in [0.1, 0.15) is 32.3 Å². The zero-order chi connectivity index (χ0) is 13.7. The lowest BCUT2D eigenvalue weighted by molar-refractivity contribution is -0.119. The van der Waals surface area contributed by atoms with Crippen LogP contribution in [0.5, 0.6) is 5.75 Å². The zero-order valence-corrected chi connectivity index (χ0v) is 10.8. The summed E-state index contributed by atoms with van der Waals surface area (Å²) in [6.07, 6.45) is -0.692. The summed E-state index contributed by atoms with van der Waals surface area (Å²) in [6, 6.07) is 6.49. The first-order valence-electron chi connectivity index (χ1n) is 5.77. The lowest BCUT2D eigenvalue weighted by Gasteiger charge is -2.11. The fourth-order valence-corrected chi connectivity index (χ4v) is 1.32. The molecule has 0 aromatic heterocycles. The predicted octanol–water partition coefficient (Wildman–Crippen LogP) is 1.77. The highest BCUT2D eigenvalue weighted by Crippen LogP contribution is 2.20. The Bertz CT molecular complexity index is 444. The van der Waals surface area contributed by atoms with Gasteiger partial charge in [0.05, 0.1) is 0 Å². The third-order valence-electron chi connectivity index (χ3n) is 2.50. The summed E-state index contributed by atoms with van der Waals surface area (Å²) in [5.41, 5.74) is 6.10. The van der Waals surface area contributed by atoms with Crippen LogP contribution >= 0.6 is 0 Å². The summed E-state index contributed by atoms with van der Waals surface area (Å²) in [6.45, 7) is 5.59. The van der Waals surface area contributed by atoms with Crippen LogP contribution < -0.4 is 15.8 Å². The average molecular weight is 250 g/mol. The second kappa shape index (κ2) is 6.05. The Labute approximate surface area is 106 Å². The molecule has 0 aliphatic rings. The summed E-state index contributed by atoms with van der Waals surface area (Å²) in [4.78, 5) is 22.2. The number of hydrogen-bond donors (Lipinski definition) is 2. The Hall–Kier alpha value is -2.04. The molecule has 3 N–H and O–H groups in total. The molecule has 1 aromatic rings. The molecule has 0 spiro atoms. The Kier molecular flexibility index (Phi) is 4.71. The molecule has 0 fully saturated rings. The van der Waals surface area contributed by atoms with Crippen molar-refractivity contribution in [3.05, 3.63) is 29.8 Å². The van der Waals surface area contributed by atoms with Crippen LogP contribution in [0.2, 0.25) is 0 Å². The molecular formula is C13H18N2O3. The number of carbonyl (C=O) groups is 2. The minimum Gasteiger partial charge on any atom is -0.410 e. The quantitative estimate of drug-likeness (QED) is 0.854. The summed E-state index contributed by atoms with van der Waals surface area (Å²) in [7, 11) is 0. The lowest BCUT2D eigenvalue weighted by Crippen LogP contribution is -2.43. The molecule has 0 aliphatic heterocycles. The summed E-state index contributed by atoms with van der Waals surface area (Å²) < 4.78 is 5.07. The third-order valence-corrected chi connectivity index (χ3v) is 2.50. The molecule has 0 heterocycles. The normalized spacial score (nSPS) is 12.0. The van der Waals surface area contributed by atoms with E-state index in [0.717, 1.165) is 5.56 Å². The van der Waals surface area contributed by atoms with E-state index in [-0.39, 0.29) is 0 Å². The van der Waals surface area contributed by atoms with E-state index in [1.54, 1.807) is 12.1 Å². The van der Waals surface area contributed by atoms with E-state index in [1.807, 2.05) is 26.0 Å². The van der Waals surface area contributed by atoms with Crippen LogP contribution in [0, 0.1) is 0 Å². The summed E-state index contributed by atoms with van der Waals surface area (Å²) in [5.74, 6) is 0.180. The maximum Gasteiger partial charge on any atom is 0.413 e. The van der Waals surface area contributed by atoms with E-state index in [9.17, 15) is 9.59 Å². The highest BCUT2D eigenvalue weighted by Gasteiger charge is 2.13. The van der Waals surface area contributed by atoms with Crippen LogP contribution in [0.15, 0.2) is 24.3 Å². The molecule has 0 bridgehead atoms. The molecule has 1 aromatic carbocycles. The summed E-state index contributed by atoms with van der Waals surface area (Å²) >= 11 is 0. The van der Waals surface area contributed by atoms with Crippen LogP contribution in [-0.2, 0) is 4.79 Å². The van der Waals surface area contributed by atoms with E-state index >= 15 is 0 Å². The second-order valence-electron chi connectivity index (χ2n) is 4.39. The van der Waals surface area contributed by atoms with Gasteiger partial charge in [0, 0.05) is 0 Å². The number of nitrogens with two attached hydrogens (primary N) is 1. The van der Waals surface area contributed by atoms with Crippen LogP contribution in [-0.4, -0.2) is 18.0 Å². The molecule has 98 valence electrons. The number of primary amides is 1. The van der Waals surface area contributed by atoms with Crippen LogP contribution in [0.25, 0.3) is 0 Å². The number of carbonyl (C=O) groups excluding carboxylic acids is 2. The highest BCUT2D eigenvalue weighted by molar-refractivity contribution is 5.84. The van der Waals surface area contributed by atoms with Gasteiger partial charge in [-0.2, -0.15) is 0 Å². The first kappa shape index (κ1) is 14.0. The number of amides is 2. The van der Waals surface area contributed by atoms with Gasteiger partial charge in [0.1, 0.15) is 11.8 Å². The number of rotatable bonds is 4. The first-order chi connectivity index (χ1) is 8.40. The molecule has 0 aliphatic carbocycles. The van der Waals surface area contributed by atoms with Crippen molar-refractivity contribution in [2.24, 2.45) is 5.73 Å². The fourth-order valence-electron chi connectivity index (χ4n) is 1.32. The van der Waals surface area contributed by atoms with Crippen LogP contribution in [0.3, 0.4) is 0 Å². The molecule has 0 saturated heterocycles. The van der Waals surface area contributed by atoms with E-state index in [0.29, 0.717) is 11.7 Å². The van der Waals surface area contributed by atoms with Gasteiger partial charge >= 0.3 is 6.09 Å². The zero-order valence-electron chi connectivity index (χ0n) is 10.8. The maximum atomic E-state index is 11.5. The van der Waals surface area contributed by atoms with Gasteiger partial charge in [0.15, 0.2) is 0 Å². The standard InChI is InChI=1S/C13H18N2O3/c1-8(2)10-5-4-6-11(7-10)18-13(17)15-9(3)12(14)16/h4-9H,1-3H3,(H2,14,16)(H,15,17)/t9-/m0/s1. The number of nitrogens with one attached hydrogen (secondary N) is 1. The van der Waals surface area contributed by atoms with Gasteiger partial charge < -0.3 is 15.8 Å². The average Bonchev–Trinajstić information content (AvgIpc) is 2.28. The monoisotopic (exact) mass is 250 g/mol. The van der Waals surface area contributed by atoms with Gasteiger partial charge in [0.2, 0.25) is 5.91 Å². The van der Waals surface area contributed by atoms with Crippen molar-refractivity contribution in [1.82, 2.24) is 5.32 Å². The van der Waals surface area contributed by atoms with Crippen molar-refractivity contribution in [3.8, 4) is 5.75 Å². The van der Waals surface area contributed by atoms with Gasteiger partial charge in [-0.15, -0.1) is 0 Å². The fraction of sp³-hybridized carbons (Fsp3) is 0.385. The Morgan fingerprint density at radius 2 is 1.94 bits per heavy atom. The molecule has 5 nitrogen and oxygen atoms in total. The Morgan fingerprint density at radius 3 is 2.50 bits per heavy atom. The maximum absolute atomic E-state index is 11.5. The molecule has 18 heavy (non-hydrogen) atoms. The van der Waals surface area contributed by atoms with E-state index < -0.39 is 18.0 Å². The van der Waals surface area contributed by atoms with Gasteiger partial charge in [-0.25, -0.2) is 4.79 Å². The molecule has 2 amide bonds. The van der Waals surface area contributed by atoms with E-state index in [1.165, 1.54) is 6.92 Å². The van der Waals surface area contributed by atoms with Crippen molar-refractivity contribution >= 4 is 12.0 Å². The van der Waals surface area contributed by atoms with E-state index in [4.69, 9.17) is 10.5 Å². The molecule has 5 heteroatoms. The SMILES string of the molecule is CC(C)c1cccc(OC(=O)N[C@@H](C)C(N)=O)c1. The number of benzene rings is 1. The Morgan fingerprint density at radius 1 is 1.28 bits per heavy atom. The van der Waals surface area contributed by atoms with Crippen molar-refractivity contribution in [3.63, 3.8) is 0 Å². The van der Waals surface area contributed by atoms with Crippen molar-refractivity contribution in [2.45, 2.75) is 32.7 Å². The van der Waals surface area contributed by atoms with Gasteiger partial charge in [-0.1, -0.05) is 26.0 Å². The first-order valence-corrected chi connectivity index (χ1v) is 5.77. The predicted molar refractivity (Wildman–Crippen MR) is 68.3 cm³/mol. The minimum atomic E-state index is -0.759. The minimum absolute atomic E-state index is 0.348. The molecular weight excluding hydrogens is 232 g/mol. The molecule has 0 unspecified atom stereocenters. The Balaban J connectivity index is 2.64. The molecule has 0 saturated carbocycles.